The molecule has 1 N–H and O–H groups in total. The lowest BCUT2D eigenvalue weighted by molar-refractivity contribution is 0.0658. The second-order valence-corrected chi connectivity index (χ2v) is 4.11. The van der Waals surface area contributed by atoms with E-state index in [1.165, 1.54) is 12.8 Å². The van der Waals surface area contributed by atoms with Crippen molar-refractivity contribution < 1.29 is 14.3 Å². The fourth-order valence-electron chi connectivity index (χ4n) is 1.77. The number of nitrogens with zero attached hydrogens (tertiary/aromatic N) is 1. The second kappa shape index (κ2) is 3.68. The monoisotopic (exact) mass is 209 g/mol. The van der Waals surface area contributed by atoms with Crippen molar-refractivity contribution in [3.63, 3.8) is 0 Å². The molecule has 0 radical (unpaired) electrons. The molecule has 2 rings (SSSR count). The summed E-state index contributed by atoms with van der Waals surface area (Å²) in [5, 5.41) is 8.91. The highest BCUT2D eigenvalue weighted by Gasteiger charge is 2.33. The van der Waals surface area contributed by atoms with Crippen molar-refractivity contribution >= 4 is 5.97 Å². The quantitative estimate of drug-likeness (QED) is 0.827. The van der Waals surface area contributed by atoms with Crippen LogP contribution in [0.3, 0.4) is 0 Å². The highest BCUT2D eigenvalue weighted by Crippen LogP contribution is 2.42. The van der Waals surface area contributed by atoms with E-state index in [2.05, 4.69) is 11.9 Å². The van der Waals surface area contributed by atoms with Crippen LogP contribution in [-0.2, 0) is 6.42 Å². The first kappa shape index (κ1) is 10.2. The molecule has 0 amide bonds. The Kier molecular flexibility index (Phi) is 2.50. The van der Waals surface area contributed by atoms with Crippen LogP contribution in [0.2, 0.25) is 0 Å². The van der Waals surface area contributed by atoms with E-state index in [9.17, 15) is 4.79 Å². The van der Waals surface area contributed by atoms with Crippen LogP contribution in [0.4, 0.5) is 0 Å². The first-order chi connectivity index (χ1) is 7.13. The molecule has 82 valence electrons. The Morgan fingerprint density at radius 1 is 1.67 bits per heavy atom. The number of rotatable bonds is 4. The van der Waals surface area contributed by atoms with Gasteiger partial charge < -0.3 is 9.52 Å². The third-order valence-electron chi connectivity index (χ3n) is 2.96. The smallest absolute Gasteiger partial charge is 0.373 e. The Morgan fingerprint density at radius 2 is 2.33 bits per heavy atom. The van der Waals surface area contributed by atoms with Gasteiger partial charge in [-0.25, -0.2) is 9.78 Å². The van der Waals surface area contributed by atoms with E-state index >= 15 is 0 Å². The molecule has 1 aliphatic carbocycles. The van der Waals surface area contributed by atoms with E-state index in [1.807, 2.05) is 6.92 Å². The third kappa shape index (κ3) is 1.89. The number of carbonyl (C=O) groups is 1. The van der Waals surface area contributed by atoms with Gasteiger partial charge in [0.25, 0.3) is 0 Å². The Morgan fingerprint density at radius 3 is 2.73 bits per heavy atom. The average molecular weight is 209 g/mol. The summed E-state index contributed by atoms with van der Waals surface area (Å²) in [6, 6.07) is 0. The molecular weight excluding hydrogens is 194 g/mol. The minimum atomic E-state index is -1.02. The molecule has 0 saturated heterocycles. The van der Waals surface area contributed by atoms with Crippen molar-refractivity contribution in [2.45, 2.75) is 39.0 Å². The fraction of sp³-hybridized carbons (Fsp3) is 0.636. The van der Waals surface area contributed by atoms with E-state index in [-0.39, 0.29) is 11.7 Å². The van der Waals surface area contributed by atoms with Gasteiger partial charge in [-0.1, -0.05) is 13.8 Å². The fourth-order valence-corrected chi connectivity index (χ4v) is 1.77. The Labute approximate surface area is 88.3 Å². The van der Waals surface area contributed by atoms with Crippen LogP contribution in [0.5, 0.6) is 0 Å². The number of aromatic nitrogens is 1. The molecule has 0 spiro atoms. The largest absolute Gasteiger partial charge is 0.475 e. The number of aromatic carboxylic acids is 1. The summed E-state index contributed by atoms with van der Waals surface area (Å²) in [7, 11) is 0. The van der Waals surface area contributed by atoms with Gasteiger partial charge in [-0.2, -0.15) is 0 Å². The van der Waals surface area contributed by atoms with E-state index in [1.54, 1.807) is 0 Å². The van der Waals surface area contributed by atoms with Gasteiger partial charge in [0, 0.05) is 5.92 Å². The van der Waals surface area contributed by atoms with E-state index in [4.69, 9.17) is 9.52 Å². The zero-order chi connectivity index (χ0) is 11.0. The highest BCUT2D eigenvalue weighted by atomic mass is 16.4. The molecule has 4 nitrogen and oxygen atoms in total. The Bertz CT molecular complexity index is 379. The number of hydrogen-bond acceptors (Lipinski definition) is 3. The predicted molar refractivity (Wildman–Crippen MR) is 54.0 cm³/mol. The van der Waals surface area contributed by atoms with Crippen LogP contribution in [-0.4, -0.2) is 16.1 Å². The van der Waals surface area contributed by atoms with Gasteiger partial charge in [0.1, 0.15) is 0 Å². The number of oxazole rings is 1. The molecule has 1 unspecified atom stereocenters. The van der Waals surface area contributed by atoms with Crippen molar-refractivity contribution in [2.75, 3.05) is 0 Å². The van der Waals surface area contributed by atoms with Crippen molar-refractivity contribution in [1.29, 1.82) is 0 Å². The number of aryl methyl sites for hydroxylation is 1. The van der Waals surface area contributed by atoms with E-state index in [0.29, 0.717) is 23.9 Å². The topological polar surface area (TPSA) is 63.3 Å². The summed E-state index contributed by atoms with van der Waals surface area (Å²) in [5.41, 5.74) is 0.560. The van der Waals surface area contributed by atoms with Crippen LogP contribution in [0.15, 0.2) is 4.42 Å². The van der Waals surface area contributed by atoms with Crippen LogP contribution < -0.4 is 0 Å². The number of carboxylic acid groups (broad SMARTS) is 1. The van der Waals surface area contributed by atoms with Gasteiger partial charge >= 0.3 is 5.97 Å². The summed E-state index contributed by atoms with van der Waals surface area (Å²) in [5.74, 6) is 0.471. The molecule has 1 heterocycles. The van der Waals surface area contributed by atoms with Crippen molar-refractivity contribution in [3.8, 4) is 0 Å². The molecule has 4 heteroatoms. The van der Waals surface area contributed by atoms with Crippen LogP contribution in [0.1, 0.15) is 54.7 Å². The van der Waals surface area contributed by atoms with Gasteiger partial charge in [-0.3, -0.25) is 0 Å². The molecule has 0 bridgehead atoms. The lowest BCUT2D eigenvalue weighted by atomic mass is 10.1. The SMILES string of the molecule is CCc1nc(C(C)C2CC2)oc1C(=O)O. The highest BCUT2D eigenvalue weighted by molar-refractivity contribution is 5.85. The maximum atomic E-state index is 10.9. The lowest BCUT2D eigenvalue weighted by Crippen LogP contribution is -1.98. The van der Waals surface area contributed by atoms with Crippen molar-refractivity contribution in [1.82, 2.24) is 4.98 Å². The molecular formula is C11H15NO3. The van der Waals surface area contributed by atoms with Gasteiger partial charge in [0.2, 0.25) is 5.76 Å². The average Bonchev–Trinajstić information content (AvgIpc) is 2.95. The molecule has 1 atom stereocenters. The Balaban J connectivity index is 2.28. The normalized spacial score (nSPS) is 17.7. The van der Waals surface area contributed by atoms with Gasteiger partial charge in [0.15, 0.2) is 5.89 Å². The molecule has 0 aromatic carbocycles. The van der Waals surface area contributed by atoms with E-state index < -0.39 is 5.97 Å². The molecule has 1 aliphatic rings. The van der Waals surface area contributed by atoms with Crippen LogP contribution in [0, 0.1) is 5.92 Å². The minimum absolute atomic E-state index is 0.0139. The van der Waals surface area contributed by atoms with Crippen LogP contribution >= 0.6 is 0 Å². The zero-order valence-corrected chi connectivity index (χ0v) is 8.99. The lowest BCUT2D eigenvalue weighted by Gasteiger charge is -2.02. The van der Waals surface area contributed by atoms with Gasteiger partial charge in [-0.05, 0) is 25.2 Å². The van der Waals surface area contributed by atoms with Crippen LogP contribution in [0.25, 0.3) is 0 Å². The molecule has 1 saturated carbocycles. The standard InChI is InChI=1S/C11H15NO3/c1-3-8-9(11(13)14)15-10(12-8)6(2)7-4-5-7/h6-7H,3-5H2,1-2H3,(H,13,14). The number of hydrogen-bond donors (Lipinski definition) is 1. The van der Waals surface area contributed by atoms with Gasteiger partial charge in [0.05, 0.1) is 5.69 Å². The molecule has 15 heavy (non-hydrogen) atoms. The first-order valence-electron chi connectivity index (χ1n) is 5.36. The predicted octanol–water partition coefficient (Wildman–Crippen LogP) is 2.45. The van der Waals surface area contributed by atoms with Gasteiger partial charge in [-0.15, -0.1) is 0 Å². The maximum absolute atomic E-state index is 10.9. The first-order valence-corrected chi connectivity index (χ1v) is 5.36. The molecule has 1 fully saturated rings. The Hall–Kier alpha value is -1.32. The summed E-state index contributed by atoms with van der Waals surface area (Å²) >= 11 is 0. The van der Waals surface area contributed by atoms with E-state index in [0.717, 1.165) is 0 Å². The summed E-state index contributed by atoms with van der Waals surface area (Å²) < 4.78 is 5.32. The summed E-state index contributed by atoms with van der Waals surface area (Å²) in [6.45, 7) is 3.93. The molecule has 1 aromatic rings. The minimum Gasteiger partial charge on any atom is -0.475 e. The number of carboxylic acids is 1. The third-order valence-corrected chi connectivity index (χ3v) is 2.96. The zero-order valence-electron chi connectivity index (χ0n) is 8.99. The summed E-state index contributed by atoms with van der Waals surface area (Å²) in [4.78, 5) is 15.1. The maximum Gasteiger partial charge on any atom is 0.373 e. The summed E-state index contributed by atoms with van der Waals surface area (Å²) in [6.07, 6.45) is 3.00. The van der Waals surface area contributed by atoms with Crippen molar-refractivity contribution in [3.05, 3.63) is 17.3 Å². The molecule has 1 aromatic heterocycles. The second-order valence-electron chi connectivity index (χ2n) is 4.11. The van der Waals surface area contributed by atoms with Crippen molar-refractivity contribution in [2.24, 2.45) is 5.92 Å². The molecule has 0 aliphatic heterocycles.